The molecule has 0 fully saturated rings. The van der Waals surface area contributed by atoms with E-state index in [4.69, 9.17) is 16.6 Å². The van der Waals surface area contributed by atoms with Crippen molar-refractivity contribution in [3.8, 4) is 0 Å². The van der Waals surface area contributed by atoms with Crippen LogP contribution >= 0.6 is 12.2 Å². The highest BCUT2D eigenvalue weighted by atomic mass is 32.1. The van der Waals surface area contributed by atoms with Crippen LogP contribution in [0.3, 0.4) is 0 Å². The molecule has 1 aromatic carbocycles. The molecule has 0 aliphatic heterocycles. The number of hydrogen-bond donors (Lipinski definition) is 0. The van der Waals surface area contributed by atoms with Gasteiger partial charge in [-0.3, -0.25) is 4.79 Å². The lowest BCUT2D eigenvalue weighted by molar-refractivity contribution is 0.561. The second-order valence-electron chi connectivity index (χ2n) is 5.16. The largest absolute Gasteiger partial charge is 0.456 e. The third-order valence-corrected chi connectivity index (χ3v) is 4.02. The van der Waals surface area contributed by atoms with Crippen molar-refractivity contribution < 1.29 is 4.42 Å². The van der Waals surface area contributed by atoms with Gasteiger partial charge in [-0.2, -0.15) is 0 Å². The van der Waals surface area contributed by atoms with Gasteiger partial charge in [0.25, 0.3) is 0 Å². The van der Waals surface area contributed by atoms with Crippen LogP contribution in [0.25, 0.3) is 17.0 Å². The number of allylic oxidation sites excluding steroid dienone is 1. The summed E-state index contributed by atoms with van der Waals surface area (Å²) < 4.78 is 5.79. The Morgan fingerprint density at radius 2 is 2.00 bits per heavy atom. The van der Waals surface area contributed by atoms with Crippen LogP contribution in [0.1, 0.15) is 25.2 Å². The van der Waals surface area contributed by atoms with Gasteiger partial charge in [0.15, 0.2) is 0 Å². The molecule has 1 aromatic heterocycles. The lowest BCUT2D eigenvalue weighted by atomic mass is 9.84. The first kappa shape index (κ1) is 12.3. The van der Waals surface area contributed by atoms with Crippen LogP contribution in [-0.2, 0) is 0 Å². The van der Waals surface area contributed by atoms with Crippen molar-refractivity contribution >= 4 is 34.1 Å². The Morgan fingerprint density at radius 3 is 2.74 bits per heavy atom. The first-order chi connectivity index (χ1) is 9.09. The van der Waals surface area contributed by atoms with Crippen LogP contribution in [0.4, 0.5) is 0 Å². The fourth-order valence-corrected chi connectivity index (χ4v) is 3.02. The zero-order chi connectivity index (χ0) is 13.6. The molecule has 2 aromatic rings. The van der Waals surface area contributed by atoms with Gasteiger partial charge in [0, 0.05) is 10.8 Å². The number of hydrogen-bond acceptors (Lipinski definition) is 3. The molecule has 0 radical (unpaired) electrons. The van der Waals surface area contributed by atoms with Gasteiger partial charge >= 0.3 is 0 Å². The molecule has 3 heteroatoms. The average Bonchev–Trinajstić information content (AvgIpc) is 2.38. The van der Waals surface area contributed by atoms with Gasteiger partial charge in [-0.25, -0.2) is 0 Å². The third-order valence-electron chi connectivity index (χ3n) is 3.55. The molecule has 19 heavy (non-hydrogen) atoms. The Kier molecular flexibility index (Phi) is 2.86. The second-order valence-corrected chi connectivity index (χ2v) is 5.60. The fourth-order valence-electron chi connectivity index (χ4n) is 2.48. The Bertz CT molecular complexity index is 753. The van der Waals surface area contributed by atoms with E-state index in [0.29, 0.717) is 33.1 Å². The molecule has 96 valence electrons. The molecule has 1 heterocycles. The first-order valence-electron chi connectivity index (χ1n) is 6.38. The quantitative estimate of drug-likeness (QED) is 0.738. The summed E-state index contributed by atoms with van der Waals surface area (Å²) in [5.41, 5.74) is 1.16. The van der Waals surface area contributed by atoms with Gasteiger partial charge in [-0.15, -0.1) is 0 Å². The maximum absolute atomic E-state index is 12.6. The minimum absolute atomic E-state index is 0.0168. The van der Waals surface area contributed by atoms with Crippen LogP contribution in [0.5, 0.6) is 0 Å². The van der Waals surface area contributed by atoms with E-state index in [-0.39, 0.29) is 11.3 Å². The summed E-state index contributed by atoms with van der Waals surface area (Å²) in [6.07, 6.45) is 3.91. The van der Waals surface area contributed by atoms with E-state index in [1.54, 1.807) is 6.07 Å². The molecule has 1 aliphatic rings. The van der Waals surface area contributed by atoms with Crippen molar-refractivity contribution in [3.05, 3.63) is 51.9 Å². The normalized spacial score (nSPS) is 18.1. The summed E-state index contributed by atoms with van der Waals surface area (Å²) in [6, 6.07) is 7.29. The number of fused-ring (bicyclic) bond motifs is 2. The monoisotopic (exact) mass is 270 g/mol. The second kappa shape index (κ2) is 4.42. The third kappa shape index (κ3) is 1.85. The molecule has 1 aliphatic carbocycles. The molecule has 0 spiro atoms. The van der Waals surface area contributed by atoms with Crippen molar-refractivity contribution in [2.45, 2.75) is 13.8 Å². The Balaban J connectivity index is 2.32. The molecule has 2 nitrogen and oxygen atoms in total. The predicted octanol–water partition coefficient (Wildman–Crippen LogP) is 3.81. The Labute approximate surface area is 116 Å². The van der Waals surface area contributed by atoms with Crippen LogP contribution in [-0.4, -0.2) is 4.86 Å². The number of rotatable bonds is 1. The summed E-state index contributed by atoms with van der Waals surface area (Å²) in [5, 5.41) is 0.599. The molecule has 0 bridgehead atoms. The standard InChI is InChI=1S/C16H14O2S/c1-9(2)10-7-8-13-14(16(10)19)15(17)11-5-3-4-6-12(11)18-13/h3-10H,1-2H3. The smallest absolute Gasteiger partial charge is 0.201 e. The highest BCUT2D eigenvalue weighted by Gasteiger charge is 2.27. The van der Waals surface area contributed by atoms with Crippen LogP contribution in [0.2, 0.25) is 0 Å². The molecule has 1 atom stereocenters. The molecule has 0 N–H and O–H groups in total. The molecule has 0 amide bonds. The van der Waals surface area contributed by atoms with Crippen molar-refractivity contribution in [2.75, 3.05) is 0 Å². The lowest BCUT2D eigenvalue weighted by Gasteiger charge is -2.22. The maximum Gasteiger partial charge on any atom is 0.201 e. The summed E-state index contributed by atoms with van der Waals surface area (Å²) in [4.78, 5) is 13.3. The topological polar surface area (TPSA) is 30.2 Å². The van der Waals surface area contributed by atoms with Gasteiger partial charge in [0.05, 0.1) is 10.9 Å². The summed E-state index contributed by atoms with van der Waals surface area (Å²) in [7, 11) is 0. The van der Waals surface area contributed by atoms with Crippen molar-refractivity contribution in [1.82, 2.24) is 0 Å². The zero-order valence-electron chi connectivity index (χ0n) is 10.8. The maximum atomic E-state index is 12.6. The molecular weight excluding hydrogens is 256 g/mol. The molecule has 0 saturated carbocycles. The highest BCUT2D eigenvalue weighted by molar-refractivity contribution is 7.80. The van der Waals surface area contributed by atoms with E-state index in [2.05, 4.69) is 13.8 Å². The predicted molar refractivity (Wildman–Crippen MR) is 81.5 cm³/mol. The van der Waals surface area contributed by atoms with Gasteiger partial charge in [0.2, 0.25) is 5.43 Å². The van der Waals surface area contributed by atoms with E-state index in [0.717, 1.165) is 0 Å². The molecule has 3 rings (SSSR count). The van der Waals surface area contributed by atoms with Gasteiger partial charge in [-0.1, -0.05) is 44.3 Å². The van der Waals surface area contributed by atoms with E-state index >= 15 is 0 Å². The van der Waals surface area contributed by atoms with Crippen LogP contribution in [0.15, 0.2) is 39.6 Å². The van der Waals surface area contributed by atoms with E-state index < -0.39 is 0 Å². The molecular formula is C16H14O2S. The number of thiocarbonyl (C=S) groups is 1. The van der Waals surface area contributed by atoms with Gasteiger partial charge in [-0.05, 0) is 24.1 Å². The average molecular weight is 270 g/mol. The van der Waals surface area contributed by atoms with Crippen LogP contribution < -0.4 is 5.43 Å². The zero-order valence-corrected chi connectivity index (χ0v) is 11.7. The number of para-hydroxylation sites is 1. The fraction of sp³-hybridized carbons (Fsp3) is 0.250. The van der Waals surface area contributed by atoms with Crippen molar-refractivity contribution in [1.29, 1.82) is 0 Å². The van der Waals surface area contributed by atoms with E-state index in [9.17, 15) is 4.79 Å². The minimum Gasteiger partial charge on any atom is -0.456 e. The summed E-state index contributed by atoms with van der Waals surface area (Å²) >= 11 is 5.50. The SMILES string of the molecule is CC(C)C1C=Cc2oc3ccccc3c(=O)c2C1=S. The number of benzene rings is 1. The molecule has 1 unspecified atom stereocenters. The summed E-state index contributed by atoms with van der Waals surface area (Å²) in [5.74, 6) is 1.10. The van der Waals surface area contributed by atoms with Crippen molar-refractivity contribution in [2.24, 2.45) is 11.8 Å². The van der Waals surface area contributed by atoms with Crippen LogP contribution in [0, 0.1) is 11.8 Å². The highest BCUT2D eigenvalue weighted by Crippen LogP contribution is 2.28. The van der Waals surface area contributed by atoms with Gasteiger partial charge < -0.3 is 4.42 Å². The Morgan fingerprint density at radius 1 is 1.26 bits per heavy atom. The first-order valence-corrected chi connectivity index (χ1v) is 6.78. The van der Waals surface area contributed by atoms with Gasteiger partial charge in [0.1, 0.15) is 11.3 Å². The minimum atomic E-state index is -0.0168. The molecule has 0 saturated heterocycles. The van der Waals surface area contributed by atoms with Crippen molar-refractivity contribution in [3.63, 3.8) is 0 Å². The lowest BCUT2D eigenvalue weighted by Crippen LogP contribution is -2.27. The van der Waals surface area contributed by atoms with E-state index in [1.807, 2.05) is 30.4 Å². The summed E-state index contributed by atoms with van der Waals surface area (Å²) in [6.45, 7) is 4.21. The van der Waals surface area contributed by atoms with E-state index in [1.165, 1.54) is 0 Å². The Hall–Kier alpha value is -1.74.